The maximum Gasteiger partial charge on any atom is 1.00 e. The first-order valence-electron chi connectivity index (χ1n) is 1.15. The molecule has 0 N–H and O–H groups in total. The van der Waals surface area contributed by atoms with Gasteiger partial charge in [0.1, 0.15) is 0 Å². The fourth-order valence-corrected chi connectivity index (χ4v) is 0. The Kier molecular flexibility index (Phi) is 16.0. The Balaban J connectivity index is 0. The fraction of sp³-hybridized carbons (Fsp3) is 0. The Morgan fingerprint density at radius 2 is 1.20 bits per heavy atom. The molecule has 0 rings (SSSR count). The first-order chi connectivity index (χ1) is 1.91. The molecule has 0 amide bonds. The zero-order valence-corrected chi connectivity index (χ0v) is 5.57. The zero-order valence-electron chi connectivity index (χ0n) is 3.57. The minimum atomic E-state index is 0. The molecule has 0 radical (unpaired) electrons. The Labute approximate surface area is 54.9 Å². The Morgan fingerprint density at radius 1 is 1.00 bits per heavy atom. The Hall–Kier alpha value is 0.480. The second-order valence-electron chi connectivity index (χ2n) is 0.471. The summed E-state index contributed by atoms with van der Waals surface area (Å²) in [7, 11) is 0. The number of hydrogen-bond acceptors (Lipinski definition) is 0. The molecular formula is C4H6Na+. The van der Waals surface area contributed by atoms with Gasteiger partial charge in [0.15, 0.2) is 0 Å². The van der Waals surface area contributed by atoms with E-state index in [1.807, 2.05) is 0 Å². The predicted octanol–water partition coefficient (Wildman–Crippen LogP) is -1.64. The van der Waals surface area contributed by atoms with E-state index in [4.69, 9.17) is 0 Å². The van der Waals surface area contributed by atoms with Gasteiger partial charge in [0, 0.05) is 0 Å². The molecule has 0 aromatic heterocycles. The van der Waals surface area contributed by atoms with Crippen molar-refractivity contribution in [2.24, 2.45) is 0 Å². The molecule has 0 nitrogen and oxygen atoms in total. The molecule has 0 aromatic rings. The van der Waals surface area contributed by atoms with Gasteiger partial charge in [0.25, 0.3) is 0 Å². The van der Waals surface area contributed by atoms with Crippen molar-refractivity contribution in [2.75, 3.05) is 0 Å². The van der Waals surface area contributed by atoms with Crippen LogP contribution < -0.4 is 29.6 Å². The van der Waals surface area contributed by atoms with Gasteiger partial charge in [-0.15, -0.1) is 0 Å². The first kappa shape index (κ1) is 9.08. The van der Waals surface area contributed by atoms with E-state index in [2.05, 4.69) is 13.2 Å². The summed E-state index contributed by atoms with van der Waals surface area (Å²) in [4.78, 5) is 0. The summed E-state index contributed by atoms with van der Waals surface area (Å²) in [6, 6.07) is 0. The van der Waals surface area contributed by atoms with Crippen LogP contribution in [0.2, 0.25) is 0 Å². The average molecular weight is 77.1 g/mol. The smallest absolute Gasteiger partial charge is 0.0991 e. The van der Waals surface area contributed by atoms with Gasteiger partial charge >= 0.3 is 29.6 Å². The third kappa shape index (κ3) is 12.6. The predicted molar refractivity (Wildman–Crippen MR) is 20.4 cm³/mol. The van der Waals surface area contributed by atoms with Gasteiger partial charge in [-0.2, -0.15) is 0 Å². The monoisotopic (exact) mass is 77.0 g/mol. The molecule has 0 fully saturated rings. The van der Waals surface area contributed by atoms with Crippen LogP contribution in [-0.2, 0) is 0 Å². The van der Waals surface area contributed by atoms with Crippen molar-refractivity contribution in [3.05, 3.63) is 25.3 Å². The Bertz CT molecular complexity index is 24.6. The van der Waals surface area contributed by atoms with Crippen LogP contribution in [0.1, 0.15) is 0 Å². The van der Waals surface area contributed by atoms with Crippen molar-refractivity contribution in [2.45, 2.75) is 0 Å². The topological polar surface area (TPSA) is 0 Å². The van der Waals surface area contributed by atoms with Gasteiger partial charge in [-0.05, 0) is 0 Å². The van der Waals surface area contributed by atoms with Gasteiger partial charge in [-0.1, -0.05) is 25.3 Å². The molecule has 0 aliphatic carbocycles. The molecule has 5 heavy (non-hydrogen) atoms. The second-order valence-corrected chi connectivity index (χ2v) is 0.471. The zero-order chi connectivity index (χ0) is 3.41. The fourth-order valence-electron chi connectivity index (χ4n) is 0. The maximum atomic E-state index is 3.36. The molecule has 0 aromatic carbocycles. The van der Waals surface area contributed by atoms with Crippen LogP contribution in [0.5, 0.6) is 0 Å². The number of hydrogen-bond donors (Lipinski definition) is 0. The van der Waals surface area contributed by atoms with Crippen LogP contribution in [0.3, 0.4) is 0 Å². The van der Waals surface area contributed by atoms with E-state index in [1.165, 1.54) is 0 Å². The standard InChI is InChI=1S/C4H6.Na/c1-3-4-2;/h3-4H,1-2H2;/q;+1. The van der Waals surface area contributed by atoms with E-state index >= 15 is 0 Å². The van der Waals surface area contributed by atoms with Crippen LogP contribution in [0.25, 0.3) is 0 Å². The summed E-state index contributed by atoms with van der Waals surface area (Å²) in [6.45, 7) is 6.72. The van der Waals surface area contributed by atoms with Crippen molar-refractivity contribution in [1.29, 1.82) is 0 Å². The molecule has 0 bridgehead atoms. The molecule has 0 aliphatic heterocycles. The molecule has 0 atom stereocenters. The Morgan fingerprint density at radius 3 is 1.20 bits per heavy atom. The van der Waals surface area contributed by atoms with Crippen molar-refractivity contribution in [3.63, 3.8) is 0 Å². The van der Waals surface area contributed by atoms with Crippen LogP contribution in [0.15, 0.2) is 25.3 Å². The number of allylic oxidation sites excluding steroid dienone is 2. The summed E-state index contributed by atoms with van der Waals surface area (Å²) in [5, 5.41) is 0. The summed E-state index contributed by atoms with van der Waals surface area (Å²) in [6.07, 6.45) is 3.28. The summed E-state index contributed by atoms with van der Waals surface area (Å²) in [5.74, 6) is 0. The van der Waals surface area contributed by atoms with Gasteiger partial charge in [0.05, 0.1) is 0 Å². The first-order valence-corrected chi connectivity index (χ1v) is 1.15. The molecule has 0 saturated heterocycles. The van der Waals surface area contributed by atoms with E-state index in [0.717, 1.165) is 0 Å². The second kappa shape index (κ2) is 8.82. The van der Waals surface area contributed by atoms with Crippen LogP contribution in [-0.4, -0.2) is 0 Å². The van der Waals surface area contributed by atoms with Crippen LogP contribution >= 0.6 is 0 Å². The van der Waals surface area contributed by atoms with Gasteiger partial charge in [-0.3, -0.25) is 0 Å². The number of rotatable bonds is 1. The van der Waals surface area contributed by atoms with Crippen molar-refractivity contribution in [1.82, 2.24) is 0 Å². The molecule has 0 heterocycles. The molecule has 0 saturated carbocycles. The molecule has 22 valence electrons. The summed E-state index contributed by atoms with van der Waals surface area (Å²) in [5.41, 5.74) is 0. The van der Waals surface area contributed by atoms with E-state index in [-0.39, 0.29) is 29.6 Å². The molecular weight excluding hydrogens is 71.0 g/mol. The SMILES string of the molecule is C=CC=C.[Na+]. The minimum absolute atomic E-state index is 0. The molecule has 0 spiro atoms. The van der Waals surface area contributed by atoms with Gasteiger partial charge in [-0.25, -0.2) is 0 Å². The normalized spacial score (nSPS) is 4.00. The third-order valence-corrected chi connectivity index (χ3v) is 0.167. The summed E-state index contributed by atoms with van der Waals surface area (Å²) >= 11 is 0. The molecule has 1 heteroatoms. The quantitative estimate of drug-likeness (QED) is 0.260. The van der Waals surface area contributed by atoms with Crippen molar-refractivity contribution in [3.8, 4) is 0 Å². The third-order valence-electron chi connectivity index (χ3n) is 0.167. The molecule has 0 unspecified atom stereocenters. The van der Waals surface area contributed by atoms with E-state index in [1.54, 1.807) is 12.2 Å². The van der Waals surface area contributed by atoms with Crippen molar-refractivity contribution < 1.29 is 29.6 Å². The summed E-state index contributed by atoms with van der Waals surface area (Å²) < 4.78 is 0. The van der Waals surface area contributed by atoms with E-state index < -0.39 is 0 Å². The minimum Gasteiger partial charge on any atom is -0.0991 e. The average Bonchev–Trinajstić information content (AvgIpc) is 1.37. The maximum absolute atomic E-state index is 3.36. The van der Waals surface area contributed by atoms with Crippen LogP contribution in [0, 0.1) is 0 Å². The van der Waals surface area contributed by atoms with Crippen LogP contribution in [0.4, 0.5) is 0 Å². The van der Waals surface area contributed by atoms with E-state index in [0.29, 0.717) is 0 Å². The molecule has 0 aliphatic rings. The van der Waals surface area contributed by atoms with Crippen molar-refractivity contribution >= 4 is 0 Å². The van der Waals surface area contributed by atoms with Gasteiger partial charge in [0.2, 0.25) is 0 Å². The largest absolute Gasteiger partial charge is 1.00 e. The van der Waals surface area contributed by atoms with Gasteiger partial charge < -0.3 is 0 Å². The van der Waals surface area contributed by atoms with E-state index in [9.17, 15) is 0 Å².